The summed E-state index contributed by atoms with van der Waals surface area (Å²) in [6.45, 7) is 3.12. The van der Waals surface area contributed by atoms with E-state index in [-0.39, 0.29) is 11.8 Å². The third kappa shape index (κ3) is 5.00. The largest absolute Gasteiger partial charge is 0.352 e. The molecule has 0 fully saturated rings. The van der Waals surface area contributed by atoms with Gasteiger partial charge >= 0.3 is 0 Å². The third-order valence-electron chi connectivity index (χ3n) is 4.21. The Kier molecular flexibility index (Phi) is 6.46. The zero-order chi connectivity index (χ0) is 19.8. The van der Waals surface area contributed by atoms with Crippen molar-refractivity contribution in [1.82, 2.24) is 30.8 Å². The van der Waals surface area contributed by atoms with Crippen molar-refractivity contribution in [2.24, 2.45) is 0 Å². The minimum atomic E-state index is -0.198. The molecule has 0 radical (unpaired) electrons. The van der Waals surface area contributed by atoms with Gasteiger partial charge in [0.15, 0.2) is 0 Å². The molecule has 2 N–H and O–H groups in total. The molecule has 2 aromatic carbocycles. The molecule has 0 aliphatic carbocycles. The average Bonchev–Trinajstić information content (AvgIpc) is 3.27. The first-order valence-corrected chi connectivity index (χ1v) is 9.16. The summed E-state index contributed by atoms with van der Waals surface area (Å²) < 4.78 is 1.49. The second-order valence-corrected chi connectivity index (χ2v) is 6.29. The van der Waals surface area contributed by atoms with E-state index in [1.165, 1.54) is 11.0 Å². The smallest absolute Gasteiger partial charge is 0.251 e. The highest BCUT2D eigenvalue weighted by Crippen LogP contribution is 2.10. The minimum absolute atomic E-state index is 0.0801. The van der Waals surface area contributed by atoms with E-state index >= 15 is 0 Å². The van der Waals surface area contributed by atoms with Crippen molar-refractivity contribution >= 4 is 11.8 Å². The molecule has 1 heterocycles. The lowest BCUT2D eigenvalue weighted by Crippen LogP contribution is -2.25. The van der Waals surface area contributed by atoms with Gasteiger partial charge in [-0.1, -0.05) is 31.5 Å². The first-order chi connectivity index (χ1) is 13.7. The maximum Gasteiger partial charge on any atom is 0.251 e. The lowest BCUT2D eigenvalue weighted by Gasteiger charge is -2.08. The average molecular weight is 378 g/mol. The van der Waals surface area contributed by atoms with Crippen LogP contribution in [0.3, 0.4) is 0 Å². The summed E-state index contributed by atoms with van der Waals surface area (Å²) in [4.78, 5) is 24.4. The summed E-state index contributed by atoms with van der Waals surface area (Å²) in [6, 6.07) is 14.2. The topological polar surface area (TPSA) is 102 Å². The van der Waals surface area contributed by atoms with Gasteiger partial charge in [0.25, 0.3) is 11.8 Å². The minimum Gasteiger partial charge on any atom is -0.352 e. The summed E-state index contributed by atoms with van der Waals surface area (Å²) in [5.74, 6) is -0.278. The molecule has 0 saturated carbocycles. The molecule has 2 amide bonds. The second-order valence-electron chi connectivity index (χ2n) is 6.29. The van der Waals surface area contributed by atoms with E-state index in [1.807, 2.05) is 18.2 Å². The van der Waals surface area contributed by atoms with Crippen LogP contribution in [0.5, 0.6) is 0 Å². The van der Waals surface area contributed by atoms with Crippen LogP contribution >= 0.6 is 0 Å². The molecule has 0 atom stereocenters. The fraction of sp³-hybridized carbons (Fsp3) is 0.250. The fourth-order valence-electron chi connectivity index (χ4n) is 2.61. The Balaban J connectivity index is 1.56. The predicted octanol–water partition coefficient (Wildman–Crippen LogP) is 2.12. The Morgan fingerprint density at radius 3 is 2.50 bits per heavy atom. The zero-order valence-electron chi connectivity index (χ0n) is 15.6. The Morgan fingerprint density at radius 2 is 1.79 bits per heavy atom. The molecule has 0 unspecified atom stereocenters. The molecular formula is C20H22N6O2. The SMILES string of the molecule is CCCCNC(=O)c1ccc(CNC(=O)c2cccc(-n3cnnn3)c2)cc1. The number of tetrazole rings is 1. The Morgan fingerprint density at radius 1 is 1.00 bits per heavy atom. The quantitative estimate of drug-likeness (QED) is 0.585. The highest BCUT2D eigenvalue weighted by atomic mass is 16.2. The molecule has 3 aromatic rings. The lowest BCUT2D eigenvalue weighted by atomic mass is 10.1. The normalized spacial score (nSPS) is 10.5. The molecule has 3 rings (SSSR count). The number of carbonyl (C=O) groups is 2. The van der Waals surface area contributed by atoms with E-state index in [4.69, 9.17) is 0 Å². The molecule has 0 aliphatic rings. The summed E-state index contributed by atoms with van der Waals surface area (Å²) in [5, 5.41) is 16.8. The number of nitrogens with one attached hydrogen (secondary N) is 2. The van der Waals surface area contributed by atoms with Crippen LogP contribution in [0.15, 0.2) is 54.9 Å². The van der Waals surface area contributed by atoms with Gasteiger partial charge in [-0.2, -0.15) is 0 Å². The molecule has 8 heteroatoms. The van der Waals surface area contributed by atoms with Gasteiger partial charge in [0, 0.05) is 24.2 Å². The van der Waals surface area contributed by atoms with Crippen LogP contribution in [0.25, 0.3) is 5.69 Å². The van der Waals surface area contributed by atoms with Gasteiger partial charge in [-0.15, -0.1) is 5.10 Å². The maximum absolute atomic E-state index is 12.4. The fourth-order valence-corrected chi connectivity index (χ4v) is 2.61. The van der Waals surface area contributed by atoms with Gasteiger partial charge in [-0.05, 0) is 52.7 Å². The summed E-state index contributed by atoms with van der Waals surface area (Å²) in [6.07, 6.45) is 3.47. The summed E-state index contributed by atoms with van der Waals surface area (Å²) >= 11 is 0. The van der Waals surface area contributed by atoms with Crippen LogP contribution in [-0.2, 0) is 6.54 Å². The number of unbranched alkanes of at least 4 members (excludes halogenated alkanes) is 1. The van der Waals surface area contributed by atoms with Gasteiger partial charge in [0.05, 0.1) is 5.69 Å². The molecule has 0 saturated heterocycles. The monoisotopic (exact) mass is 378 g/mol. The van der Waals surface area contributed by atoms with Crippen molar-refractivity contribution in [3.8, 4) is 5.69 Å². The third-order valence-corrected chi connectivity index (χ3v) is 4.21. The van der Waals surface area contributed by atoms with Gasteiger partial charge < -0.3 is 10.6 Å². The molecule has 1 aromatic heterocycles. The van der Waals surface area contributed by atoms with Crippen LogP contribution in [0.1, 0.15) is 46.0 Å². The lowest BCUT2D eigenvalue weighted by molar-refractivity contribution is 0.0942. The van der Waals surface area contributed by atoms with Gasteiger partial charge in [0.1, 0.15) is 6.33 Å². The number of nitrogens with zero attached hydrogens (tertiary/aromatic N) is 4. The molecule has 0 spiro atoms. The first kappa shape index (κ1) is 19.2. The van der Waals surface area contributed by atoms with Crippen molar-refractivity contribution in [3.63, 3.8) is 0 Å². The molecule has 8 nitrogen and oxygen atoms in total. The number of benzene rings is 2. The number of aromatic nitrogens is 4. The second kappa shape index (κ2) is 9.40. The van der Waals surface area contributed by atoms with Crippen LogP contribution < -0.4 is 10.6 Å². The Labute approximate surface area is 163 Å². The molecular weight excluding hydrogens is 356 g/mol. The van der Waals surface area contributed by atoms with Gasteiger partial charge in [-0.3, -0.25) is 9.59 Å². The number of carbonyl (C=O) groups excluding carboxylic acids is 2. The molecule has 0 bridgehead atoms. The van der Waals surface area contributed by atoms with Crippen molar-refractivity contribution in [2.75, 3.05) is 6.54 Å². The summed E-state index contributed by atoms with van der Waals surface area (Å²) in [5.41, 5.74) is 2.74. The van der Waals surface area contributed by atoms with Gasteiger partial charge in [0.2, 0.25) is 0 Å². The Bertz CT molecular complexity index is 922. The van der Waals surface area contributed by atoms with Crippen LogP contribution in [0, 0.1) is 0 Å². The maximum atomic E-state index is 12.4. The standard InChI is InChI=1S/C20H22N6O2/c1-2-3-11-21-19(27)16-9-7-15(8-10-16)13-22-20(28)17-5-4-6-18(12-17)26-14-23-24-25-26/h4-10,12,14H,2-3,11,13H2,1H3,(H,21,27)(H,22,28). The van der Waals surface area contributed by atoms with Gasteiger partial charge in [-0.25, -0.2) is 4.68 Å². The number of amides is 2. The Hall–Kier alpha value is -3.55. The van der Waals surface area contributed by atoms with E-state index in [0.717, 1.165) is 18.4 Å². The van der Waals surface area contributed by atoms with E-state index in [0.29, 0.717) is 29.9 Å². The molecule has 144 valence electrons. The first-order valence-electron chi connectivity index (χ1n) is 9.16. The van der Waals surface area contributed by atoms with Crippen LogP contribution in [-0.4, -0.2) is 38.6 Å². The van der Waals surface area contributed by atoms with E-state index in [9.17, 15) is 9.59 Å². The molecule has 0 aliphatic heterocycles. The number of rotatable bonds is 8. The van der Waals surface area contributed by atoms with Crippen molar-refractivity contribution in [1.29, 1.82) is 0 Å². The summed E-state index contributed by atoms with van der Waals surface area (Å²) in [7, 11) is 0. The molecule has 28 heavy (non-hydrogen) atoms. The number of hydrogen-bond acceptors (Lipinski definition) is 5. The highest BCUT2D eigenvalue weighted by Gasteiger charge is 2.08. The van der Waals surface area contributed by atoms with Crippen LogP contribution in [0.2, 0.25) is 0 Å². The van der Waals surface area contributed by atoms with Crippen LogP contribution in [0.4, 0.5) is 0 Å². The van der Waals surface area contributed by atoms with Crippen molar-refractivity contribution in [3.05, 3.63) is 71.5 Å². The van der Waals surface area contributed by atoms with E-state index in [1.54, 1.807) is 30.3 Å². The van der Waals surface area contributed by atoms with Crippen molar-refractivity contribution in [2.45, 2.75) is 26.3 Å². The zero-order valence-corrected chi connectivity index (χ0v) is 15.6. The highest BCUT2D eigenvalue weighted by molar-refractivity contribution is 5.95. The van der Waals surface area contributed by atoms with E-state index in [2.05, 4.69) is 33.1 Å². The predicted molar refractivity (Wildman–Crippen MR) is 104 cm³/mol. The van der Waals surface area contributed by atoms with Crippen molar-refractivity contribution < 1.29 is 9.59 Å². The number of hydrogen-bond donors (Lipinski definition) is 2. The van der Waals surface area contributed by atoms with E-state index < -0.39 is 0 Å².